The van der Waals surface area contributed by atoms with E-state index in [1.165, 1.54) is 11.3 Å². The maximum Gasteiger partial charge on any atom is 0.0508 e. The Morgan fingerprint density at radius 3 is 2.60 bits per heavy atom. The van der Waals surface area contributed by atoms with Crippen LogP contribution in [0, 0.1) is 0 Å². The van der Waals surface area contributed by atoms with Crippen LogP contribution in [-0.4, -0.2) is 20.6 Å². The third-order valence-electron chi connectivity index (χ3n) is 2.62. The Morgan fingerprint density at radius 2 is 2.07 bits per heavy atom. The van der Waals surface area contributed by atoms with Gasteiger partial charge in [0, 0.05) is 18.6 Å². The van der Waals surface area contributed by atoms with Gasteiger partial charge >= 0.3 is 0 Å². The van der Waals surface area contributed by atoms with Crippen LogP contribution in [0.2, 0.25) is 0 Å². The highest BCUT2D eigenvalue weighted by Gasteiger charge is 2.08. The van der Waals surface area contributed by atoms with Crippen LogP contribution in [0.25, 0.3) is 0 Å². The third kappa shape index (κ3) is 3.21. The highest BCUT2D eigenvalue weighted by Crippen LogP contribution is 2.29. The maximum absolute atomic E-state index is 5.57. The average Bonchev–Trinajstić information content (AvgIpc) is 2.18. The molecule has 1 aromatic rings. The van der Waals surface area contributed by atoms with Gasteiger partial charge in [0.15, 0.2) is 0 Å². The minimum absolute atomic E-state index is 0.529. The first kappa shape index (κ1) is 12.5. The number of anilines is 1. The Morgan fingerprint density at radius 1 is 1.40 bits per heavy atom. The van der Waals surface area contributed by atoms with Crippen molar-refractivity contribution in [3.8, 4) is 0 Å². The summed E-state index contributed by atoms with van der Waals surface area (Å²) in [5, 5.41) is 0. The molecule has 0 aliphatic carbocycles. The van der Waals surface area contributed by atoms with Crippen molar-refractivity contribution in [3.05, 3.63) is 28.2 Å². The Labute approximate surface area is 101 Å². The van der Waals surface area contributed by atoms with Crippen molar-refractivity contribution < 1.29 is 0 Å². The van der Waals surface area contributed by atoms with Crippen LogP contribution in [-0.2, 0) is 0 Å². The van der Waals surface area contributed by atoms with E-state index >= 15 is 0 Å². The van der Waals surface area contributed by atoms with Crippen LogP contribution in [0.1, 0.15) is 24.8 Å². The zero-order valence-electron chi connectivity index (χ0n) is 9.63. The number of hydrogen-bond acceptors (Lipinski definition) is 2. The third-order valence-corrected chi connectivity index (χ3v) is 3.29. The van der Waals surface area contributed by atoms with Crippen LogP contribution in [0.15, 0.2) is 22.7 Å². The van der Waals surface area contributed by atoms with E-state index in [1.54, 1.807) is 0 Å². The van der Waals surface area contributed by atoms with Gasteiger partial charge in [0.05, 0.1) is 5.69 Å². The van der Waals surface area contributed by atoms with Crippen molar-refractivity contribution in [3.63, 3.8) is 0 Å². The molecule has 0 aliphatic heterocycles. The van der Waals surface area contributed by atoms with E-state index in [2.05, 4.69) is 60.0 Å². The first-order valence-electron chi connectivity index (χ1n) is 5.23. The van der Waals surface area contributed by atoms with Gasteiger partial charge in [0.2, 0.25) is 0 Å². The Kier molecular flexibility index (Phi) is 4.61. The van der Waals surface area contributed by atoms with Crippen LogP contribution in [0.3, 0.4) is 0 Å². The second kappa shape index (κ2) is 5.52. The Balaban J connectivity index is 2.96. The van der Waals surface area contributed by atoms with E-state index in [-0.39, 0.29) is 0 Å². The molecule has 0 radical (unpaired) electrons. The van der Waals surface area contributed by atoms with Gasteiger partial charge in [-0.05, 0) is 52.5 Å². The molecule has 2 nitrogen and oxygen atoms in total. The fraction of sp³-hybridized carbons (Fsp3) is 0.500. The molecule has 0 bridgehead atoms. The first-order valence-corrected chi connectivity index (χ1v) is 6.02. The van der Waals surface area contributed by atoms with Crippen LogP contribution >= 0.6 is 15.9 Å². The van der Waals surface area contributed by atoms with E-state index < -0.39 is 0 Å². The second-order valence-electron chi connectivity index (χ2n) is 4.08. The van der Waals surface area contributed by atoms with Gasteiger partial charge < -0.3 is 10.6 Å². The van der Waals surface area contributed by atoms with Gasteiger partial charge in [0.25, 0.3) is 0 Å². The lowest BCUT2D eigenvalue weighted by molar-refractivity contribution is 0.690. The monoisotopic (exact) mass is 270 g/mol. The number of rotatable bonds is 4. The molecule has 1 unspecified atom stereocenters. The molecule has 0 aliphatic rings. The van der Waals surface area contributed by atoms with Crippen LogP contribution < -0.4 is 10.6 Å². The Bertz CT molecular complexity index is 323. The molecule has 84 valence electrons. The van der Waals surface area contributed by atoms with Crippen molar-refractivity contribution >= 4 is 21.6 Å². The molecule has 0 fully saturated rings. The molecule has 0 aromatic heterocycles. The lowest BCUT2D eigenvalue weighted by Gasteiger charge is -2.18. The average molecular weight is 271 g/mol. The molecule has 0 saturated heterocycles. The topological polar surface area (TPSA) is 29.3 Å². The number of hydrogen-bond donors (Lipinski definition) is 1. The van der Waals surface area contributed by atoms with Gasteiger partial charge in [0.1, 0.15) is 0 Å². The molecule has 3 heteroatoms. The molecule has 1 rings (SSSR count). The number of nitrogens with two attached hydrogens (primary N) is 1. The molecule has 15 heavy (non-hydrogen) atoms. The first-order chi connectivity index (χ1) is 7.06. The summed E-state index contributed by atoms with van der Waals surface area (Å²) >= 11 is 3.55. The molecule has 0 spiro atoms. The summed E-state index contributed by atoms with van der Waals surface area (Å²) in [4.78, 5) is 2.11. The molecule has 2 N–H and O–H groups in total. The summed E-state index contributed by atoms with van der Waals surface area (Å²) in [5.74, 6) is 0.529. The molecular weight excluding hydrogens is 252 g/mol. The summed E-state index contributed by atoms with van der Waals surface area (Å²) in [7, 11) is 4.11. The van der Waals surface area contributed by atoms with Gasteiger partial charge in [-0.3, -0.25) is 0 Å². The number of halogens is 1. The molecule has 0 amide bonds. The fourth-order valence-corrected chi connectivity index (χ4v) is 2.20. The summed E-state index contributed by atoms with van der Waals surface area (Å²) < 4.78 is 1.14. The van der Waals surface area contributed by atoms with Gasteiger partial charge in [-0.15, -0.1) is 0 Å². The van der Waals surface area contributed by atoms with Crippen molar-refractivity contribution in [2.24, 2.45) is 5.73 Å². The van der Waals surface area contributed by atoms with E-state index in [0.29, 0.717) is 5.92 Å². The van der Waals surface area contributed by atoms with Crippen molar-refractivity contribution in [2.45, 2.75) is 19.3 Å². The normalized spacial score (nSPS) is 12.6. The standard InChI is InChI=1S/C12H19BrN2/c1-9(6-7-14)10-4-5-11(13)12(8-10)15(2)3/h4-5,8-9H,6-7,14H2,1-3H3. The SMILES string of the molecule is CC(CCN)c1ccc(Br)c(N(C)C)c1. The van der Waals surface area contributed by atoms with Crippen molar-refractivity contribution in [1.82, 2.24) is 0 Å². The molecule has 0 heterocycles. The highest BCUT2D eigenvalue weighted by atomic mass is 79.9. The zero-order chi connectivity index (χ0) is 11.4. The predicted molar refractivity (Wildman–Crippen MR) is 70.6 cm³/mol. The van der Waals surface area contributed by atoms with E-state index in [4.69, 9.17) is 5.73 Å². The summed E-state index contributed by atoms with van der Waals surface area (Å²) in [6, 6.07) is 6.50. The fourth-order valence-electron chi connectivity index (χ4n) is 1.60. The summed E-state index contributed by atoms with van der Waals surface area (Å²) in [5.41, 5.74) is 8.15. The van der Waals surface area contributed by atoms with Crippen molar-refractivity contribution in [1.29, 1.82) is 0 Å². The van der Waals surface area contributed by atoms with Gasteiger partial charge in [-0.25, -0.2) is 0 Å². The smallest absolute Gasteiger partial charge is 0.0508 e. The van der Waals surface area contributed by atoms with Crippen molar-refractivity contribution in [2.75, 3.05) is 25.5 Å². The number of nitrogens with zero attached hydrogens (tertiary/aromatic N) is 1. The number of benzene rings is 1. The van der Waals surface area contributed by atoms with Crippen LogP contribution in [0.5, 0.6) is 0 Å². The van der Waals surface area contributed by atoms with E-state index in [9.17, 15) is 0 Å². The van der Waals surface area contributed by atoms with E-state index in [1.807, 2.05) is 0 Å². The lowest BCUT2D eigenvalue weighted by atomic mass is 9.97. The molecule has 1 aromatic carbocycles. The second-order valence-corrected chi connectivity index (χ2v) is 4.94. The molecular formula is C12H19BrN2. The van der Waals surface area contributed by atoms with Crippen LogP contribution in [0.4, 0.5) is 5.69 Å². The largest absolute Gasteiger partial charge is 0.377 e. The molecule has 0 saturated carbocycles. The summed E-state index contributed by atoms with van der Waals surface area (Å²) in [6.45, 7) is 2.96. The summed E-state index contributed by atoms with van der Waals surface area (Å²) in [6.07, 6.45) is 1.04. The molecule has 1 atom stereocenters. The van der Waals surface area contributed by atoms with Gasteiger partial charge in [-0.2, -0.15) is 0 Å². The van der Waals surface area contributed by atoms with E-state index in [0.717, 1.165) is 17.4 Å². The minimum atomic E-state index is 0.529. The highest BCUT2D eigenvalue weighted by molar-refractivity contribution is 9.10. The Hall–Kier alpha value is -0.540. The zero-order valence-corrected chi connectivity index (χ0v) is 11.2. The quantitative estimate of drug-likeness (QED) is 0.912. The predicted octanol–water partition coefficient (Wildman–Crippen LogP) is 2.97. The maximum atomic E-state index is 5.57. The lowest BCUT2D eigenvalue weighted by Crippen LogP contribution is -2.10. The van der Waals surface area contributed by atoms with Gasteiger partial charge in [-0.1, -0.05) is 13.0 Å². The minimum Gasteiger partial charge on any atom is -0.377 e.